The van der Waals surface area contributed by atoms with E-state index in [9.17, 15) is 19.5 Å². The van der Waals surface area contributed by atoms with Gasteiger partial charge in [0.25, 0.3) is 5.91 Å². The van der Waals surface area contributed by atoms with Gasteiger partial charge >= 0.3 is 6.03 Å². The fourth-order valence-corrected chi connectivity index (χ4v) is 6.65. The molecule has 1 saturated heterocycles. The third-order valence-electron chi connectivity index (χ3n) is 7.37. The predicted octanol–water partition coefficient (Wildman–Crippen LogP) is 4.48. The Morgan fingerprint density at radius 1 is 1.07 bits per heavy atom. The van der Waals surface area contributed by atoms with E-state index in [1.807, 2.05) is 92.7 Å². The Labute approximate surface area is 260 Å². The van der Waals surface area contributed by atoms with Gasteiger partial charge < -0.3 is 25.5 Å². The van der Waals surface area contributed by atoms with Crippen LogP contribution >= 0.6 is 27.7 Å². The number of carbonyl (C=O) groups is 3. The van der Waals surface area contributed by atoms with Crippen LogP contribution in [0, 0.1) is 6.92 Å². The predicted molar refractivity (Wildman–Crippen MR) is 170 cm³/mol. The molecule has 222 valence electrons. The van der Waals surface area contributed by atoms with Gasteiger partial charge in [-0.2, -0.15) is 0 Å². The monoisotopic (exact) mass is 652 g/mol. The summed E-state index contributed by atoms with van der Waals surface area (Å²) in [5.74, 6) is -0.0646. The number of aliphatic hydroxyl groups is 1. The maximum atomic E-state index is 13.6. The number of thioether (sulfide) groups is 1. The van der Waals surface area contributed by atoms with Crippen molar-refractivity contribution in [1.29, 1.82) is 0 Å². The molecule has 0 radical (unpaired) electrons. The van der Waals surface area contributed by atoms with Crippen LogP contribution in [0.4, 0.5) is 4.79 Å². The minimum absolute atomic E-state index is 0.282. The lowest BCUT2D eigenvalue weighted by Gasteiger charge is -2.31. The maximum absolute atomic E-state index is 13.6. The quantitative estimate of drug-likeness (QED) is 0.251. The van der Waals surface area contributed by atoms with Gasteiger partial charge in [0, 0.05) is 30.7 Å². The molecule has 4 rings (SSSR count). The molecule has 3 unspecified atom stereocenters. The van der Waals surface area contributed by atoms with Crippen molar-refractivity contribution in [2.45, 2.75) is 50.3 Å². The number of urea groups is 1. The number of aryl methyl sites for hydroxylation is 1. The maximum Gasteiger partial charge on any atom is 0.315 e. The first-order valence-corrected chi connectivity index (χ1v) is 15.6. The van der Waals surface area contributed by atoms with Crippen molar-refractivity contribution < 1.29 is 19.5 Å². The molecule has 3 aromatic rings. The zero-order valence-corrected chi connectivity index (χ0v) is 26.2. The van der Waals surface area contributed by atoms with Crippen molar-refractivity contribution in [2.24, 2.45) is 0 Å². The van der Waals surface area contributed by atoms with Gasteiger partial charge in [0.2, 0.25) is 6.41 Å². The number of nitrogens with one attached hydrogen (secondary N) is 2. The lowest BCUT2D eigenvalue weighted by Crippen LogP contribution is -2.54. The summed E-state index contributed by atoms with van der Waals surface area (Å²) in [5, 5.41) is 16.9. The van der Waals surface area contributed by atoms with Crippen molar-refractivity contribution in [1.82, 2.24) is 20.4 Å². The van der Waals surface area contributed by atoms with E-state index in [0.717, 1.165) is 33.1 Å². The molecule has 0 aliphatic carbocycles. The Morgan fingerprint density at radius 2 is 1.74 bits per heavy atom. The Morgan fingerprint density at radius 3 is 2.43 bits per heavy atom. The minimum Gasteiger partial charge on any atom is -0.381 e. The van der Waals surface area contributed by atoms with E-state index < -0.39 is 28.8 Å². The normalized spacial score (nSPS) is 17.8. The summed E-state index contributed by atoms with van der Waals surface area (Å²) in [6.07, 6.45) is -0.315. The summed E-state index contributed by atoms with van der Waals surface area (Å²) in [4.78, 5) is 41.8. The molecule has 3 aromatic carbocycles. The fourth-order valence-electron chi connectivity index (χ4n) is 5.04. The molecule has 1 heterocycles. The molecule has 1 fully saturated rings. The number of rotatable bonds is 12. The van der Waals surface area contributed by atoms with Gasteiger partial charge in [0.15, 0.2) is 6.10 Å². The molecule has 8 nitrogen and oxygen atoms in total. The van der Waals surface area contributed by atoms with Crippen LogP contribution in [0.15, 0.2) is 83.3 Å². The Kier molecular flexibility index (Phi) is 11.1. The zero-order valence-electron chi connectivity index (χ0n) is 23.8. The van der Waals surface area contributed by atoms with Crippen LogP contribution in [0.5, 0.6) is 0 Å². The van der Waals surface area contributed by atoms with Crippen LogP contribution in [0.3, 0.4) is 0 Å². The average Bonchev–Trinajstić information content (AvgIpc) is 3.38. The number of hydrogen-bond donors (Lipinski definition) is 3. The number of hydrogen-bond acceptors (Lipinski definition) is 5. The highest BCUT2D eigenvalue weighted by atomic mass is 79.9. The van der Waals surface area contributed by atoms with Crippen molar-refractivity contribution in [3.63, 3.8) is 0 Å². The average molecular weight is 654 g/mol. The highest BCUT2D eigenvalue weighted by molar-refractivity contribution is 9.10. The standard InChI is InChI=1S/C32H37BrN4O4S/c1-23-10-6-7-14-26(23)18-36(21-38)19-32(2)20-37(22-42-32)30(40)29(39)28(16-24-11-4-3-5-12-24)35-31(41)34-17-25-13-8-9-15-27(25)33/h3-15,21,28-29,39H,16-20,22H2,1-2H3,(H2,34,35,41). The van der Waals surface area contributed by atoms with E-state index in [0.29, 0.717) is 25.5 Å². The SMILES string of the molecule is Cc1ccccc1CN(C=O)CC1(C)CN(C(=O)C(O)C(Cc2ccccc2)NC(=O)NCc2ccccc2Br)CS1. The van der Waals surface area contributed by atoms with Crippen molar-refractivity contribution in [3.8, 4) is 0 Å². The minimum atomic E-state index is -1.45. The second-order valence-corrected chi connectivity index (χ2v) is 13.2. The third kappa shape index (κ3) is 8.59. The molecule has 0 saturated carbocycles. The first-order chi connectivity index (χ1) is 20.2. The Bertz CT molecular complexity index is 1380. The molecule has 3 atom stereocenters. The lowest BCUT2D eigenvalue weighted by atomic mass is 10.00. The number of amides is 4. The van der Waals surface area contributed by atoms with Gasteiger partial charge in [0.1, 0.15) is 0 Å². The second-order valence-electron chi connectivity index (χ2n) is 10.9. The van der Waals surface area contributed by atoms with Gasteiger partial charge in [-0.15, -0.1) is 11.8 Å². The van der Waals surface area contributed by atoms with E-state index in [-0.39, 0.29) is 13.0 Å². The molecule has 0 spiro atoms. The summed E-state index contributed by atoms with van der Waals surface area (Å²) < 4.78 is 0.477. The summed E-state index contributed by atoms with van der Waals surface area (Å²) in [6, 6.07) is 23.7. The van der Waals surface area contributed by atoms with Crippen molar-refractivity contribution in [2.75, 3.05) is 19.0 Å². The molecule has 3 N–H and O–H groups in total. The molecule has 0 aromatic heterocycles. The van der Waals surface area contributed by atoms with E-state index in [4.69, 9.17) is 0 Å². The Balaban J connectivity index is 1.40. The number of halogens is 1. The number of nitrogens with zero attached hydrogens (tertiary/aromatic N) is 2. The van der Waals surface area contributed by atoms with Crippen LogP contribution in [0.2, 0.25) is 0 Å². The third-order valence-corrected chi connectivity index (χ3v) is 9.54. The van der Waals surface area contributed by atoms with Gasteiger partial charge in [-0.3, -0.25) is 9.59 Å². The molecule has 0 bridgehead atoms. The van der Waals surface area contributed by atoms with Crippen molar-refractivity contribution >= 4 is 46.0 Å². The van der Waals surface area contributed by atoms with Crippen LogP contribution in [0.1, 0.15) is 29.2 Å². The van der Waals surface area contributed by atoms with E-state index in [1.165, 1.54) is 0 Å². The summed E-state index contributed by atoms with van der Waals surface area (Å²) in [7, 11) is 0. The number of carbonyl (C=O) groups excluding carboxylic acids is 3. The number of aliphatic hydroxyl groups excluding tert-OH is 1. The topological polar surface area (TPSA) is 102 Å². The van der Waals surface area contributed by atoms with Crippen LogP contribution in [-0.4, -0.2) is 69.1 Å². The summed E-state index contributed by atoms with van der Waals surface area (Å²) in [5.41, 5.74) is 3.99. The van der Waals surface area contributed by atoms with Crippen LogP contribution in [-0.2, 0) is 29.1 Å². The zero-order chi connectivity index (χ0) is 30.1. The fraction of sp³-hybridized carbons (Fsp3) is 0.344. The molecule has 1 aliphatic rings. The Hall–Kier alpha value is -3.34. The largest absolute Gasteiger partial charge is 0.381 e. The first-order valence-electron chi connectivity index (χ1n) is 13.8. The summed E-state index contributed by atoms with van der Waals surface area (Å²) in [6.45, 7) is 5.65. The second kappa shape index (κ2) is 14.7. The van der Waals surface area contributed by atoms with Gasteiger partial charge in [-0.1, -0.05) is 88.7 Å². The molecule has 1 aliphatic heterocycles. The lowest BCUT2D eigenvalue weighted by molar-refractivity contribution is -0.140. The number of benzene rings is 3. The van der Waals surface area contributed by atoms with Crippen LogP contribution in [0.25, 0.3) is 0 Å². The van der Waals surface area contributed by atoms with Crippen molar-refractivity contribution in [3.05, 3.63) is 106 Å². The van der Waals surface area contributed by atoms with Gasteiger partial charge in [0.05, 0.1) is 16.7 Å². The molecular weight excluding hydrogens is 616 g/mol. The first kappa shape index (κ1) is 31.6. The highest BCUT2D eigenvalue weighted by Crippen LogP contribution is 2.35. The smallest absolute Gasteiger partial charge is 0.315 e. The molecular formula is C32H37BrN4O4S. The molecule has 4 amide bonds. The molecule has 42 heavy (non-hydrogen) atoms. The highest BCUT2D eigenvalue weighted by Gasteiger charge is 2.41. The summed E-state index contributed by atoms with van der Waals surface area (Å²) >= 11 is 5.07. The van der Waals surface area contributed by atoms with Gasteiger partial charge in [-0.05, 0) is 48.6 Å². The van der Waals surface area contributed by atoms with E-state index >= 15 is 0 Å². The van der Waals surface area contributed by atoms with Crippen LogP contribution < -0.4 is 10.6 Å². The van der Waals surface area contributed by atoms with E-state index in [2.05, 4.69) is 26.6 Å². The van der Waals surface area contributed by atoms with Gasteiger partial charge in [-0.25, -0.2) is 4.79 Å². The van der Waals surface area contributed by atoms with E-state index in [1.54, 1.807) is 21.6 Å². The molecule has 10 heteroatoms.